The fraction of sp³-hybridized carbons (Fsp3) is 0.261. The molecule has 1 atom stereocenters. The quantitative estimate of drug-likeness (QED) is 0.470. The molecule has 0 aliphatic rings. The van der Waals surface area contributed by atoms with Crippen molar-refractivity contribution in [1.82, 2.24) is 15.0 Å². The Kier molecular flexibility index (Phi) is 7.54. The van der Waals surface area contributed by atoms with Gasteiger partial charge in [0.15, 0.2) is 0 Å². The standard InChI is InChI=1S/C23H24N6O3S2/c1-13-10-14(2)25-22(20(13)12-24)33-17(5)21(30)28-18-6-8-19(9-7-18)34(31,32)29-23-26-15(3)11-16(4)27-23/h6-11,17H,1-5H3,(H,28,30)(H,26,27,29). The lowest BCUT2D eigenvalue weighted by molar-refractivity contribution is -0.115. The number of hydrogen-bond donors (Lipinski definition) is 2. The van der Waals surface area contributed by atoms with Gasteiger partial charge in [0, 0.05) is 22.8 Å². The number of nitrogens with one attached hydrogen (secondary N) is 2. The van der Waals surface area contributed by atoms with Crippen LogP contribution in [-0.4, -0.2) is 34.5 Å². The molecule has 0 saturated carbocycles. The van der Waals surface area contributed by atoms with Crippen LogP contribution in [0.1, 0.15) is 35.1 Å². The number of sulfonamides is 1. The normalized spacial score (nSPS) is 12.0. The zero-order valence-electron chi connectivity index (χ0n) is 19.4. The van der Waals surface area contributed by atoms with Gasteiger partial charge < -0.3 is 5.32 Å². The van der Waals surface area contributed by atoms with Gasteiger partial charge in [-0.15, -0.1) is 0 Å². The maximum atomic E-state index is 12.7. The second-order valence-corrected chi connectivity index (χ2v) is 10.7. The Labute approximate surface area is 203 Å². The Bertz CT molecular complexity index is 1360. The van der Waals surface area contributed by atoms with Crippen molar-refractivity contribution in [3.05, 3.63) is 64.6 Å². The predicted octanol–water partition coefficient (Wildman–Crippen LogP) is 3.90. The lowest BCUT2D eigenvalue weighted by Crippen LogP contribution is -2.23. The van der Waals surface area contributed by atoms with Crippen molar-refractivity contribution in [2.24, 2.45) is 0 Å². The molecule has 1 amide bonds. The molecule has 0 fully saturated rings. The number of benzene rings is 1. The van der Waals surface area contributed by atoms with Crippen molar-refractivity contribution in [3.63, 3.8) is 0 Å². The summed E-state index contributed by atoms with van der Waals surface area (Å²) in [7, 11) is -3.90. The van der Waals surface area contributed by atoms with E-state index in [1.54, 1.807) is 26.8 Å². The molecule has 176 valence electrons. The first kappa shape index (κ1) is 25.1. The van der Waals surface area contributed by atoms with Crippen LogP contribution in [0.5, 0.6) is 0 Å². The van der Waals surface area contributed by atoms with Gasteiger partial charge in [0.25, 0.3) is 10.0 Å². The van der Waals surface area contributed by atoms with Crippen molar-refractivity contribution in [3.8, 4) is 6.07 Å². The number of nitriles is 1. The summed E-state index contributed by atoms with van der Waals surface area (Å²) in [4.78, 5) is 25.3. The van der Waals surface area contributed by atoms with Crippen molar-refractivity contribution in [2.45, 2.75) is 49.8 Å². The van der Waals surface area contributed by atoms with Crippen LogP contribution in [0.3, 0.4) is 0 Å². The van der Waals surface area contributed by atoms with Gasteiger partial charge in [-0.05, 0) is 76.6 Å². The minimum atomic E-state index is -3.90. The highest BCUT2D eigenvalue weighted by atomic mass is 32.2. The third-order valence-corrected chi connectivity index (χ3v) is 7.15. The van der Waals surface area contributed by atoms with Crippen molar-refractivity contribution in [2.75, 3.05) is 10.0 Å². The smallest absolute Gasteiger partial charge is 0.264 e. The third kappa shape index (κ3) is 6.09. The number of aromatic nitrogens is 3. The molecule has 2 aromatic heterocycles. The fourth-order valence-corrected chi connectivity index (χ4v) is 5.12. The van der Waals surface area contributed by atoms with Crippen LogP contribution >= 0.6 is 11.8 Å². The molecular formula is C23H24N6O3S2. The zero-order valence-corrected chi connectivity index (χ0v) is 21.0. The molecule has 0 saturated heterocycles. The molecule has 1 aromatic carbocycles. The van der Waals surface area contributed by atoms with E-state index in [9.17, 15) is 18.5 Å². The zero-order chi connectivity index (χ0) is 25.0. The SMILES string of the molecule is Cc1cc(C)nc(NS(=O)(=O)c2ccc(NC(=O)C(C)Sc3nc(C)cc(C)c3C#N)cc2)n1. The molecule has 3 aromatic rings. The number of hydrogen-bond acceptors (Lipinski definition) is 8. The number of rotatable bonds is 7. The highest BCUT2D eigenvalue weighted by Gasteiger charge is 2.20. The van der Waals surface area contributed by atoms with Crippen molar-refractivity contribution < 1.29 is 13.2 Å². The summed E-state index contributed by atoms with van der Waals surface area (Å²) in [5, 5.41) is 12.2. The number of amides is 1. The highest BCUT2D eigenvalue weighted by molar-refractivity contribution is 8.00. The largest absolute Gasteiger partial charge is 0.325 e. The molecule has 0 bridgehead atoms. The average Bonchev–Trinajstić information content (AvgIpc) is 2.72. The van der Waals surface area contributed by atoms with Gasteiger partial charge >= 0.3 is 0 Å². The minimum Gasteiger partial charge on any atom is -0.325 e. The van der Waals surface area contributed by atoms with Gasteiger partial charge in [-0.25, -0.2) is 28.1 Å². The summed E-state index contributed by atoms with van der Waals surface area (Å²) in [5.41, 5.74) is 3.75. The molecule has 2 N–H and O–H groups in total. The molecule has 3 rings (SSSR count). The van der Waals surface area contributed by atoms with Crippen LogP contribution in [0.2, 0.25) is 0 Å². The molecule has 11 heteroatoms. The first-order valence-electron chi connectivity index (χ1n) is 10.3. The van der Waals surface area contributed by atoms with Gasteiger partial charge in [-0.3, -0.25) is 4.79 Å². The lowest BCUT2D eigenvalue weighted by atomic mass is 10.1. The summed E-state index contributed by atoms with van der Waals surface area (Å²) >= 11 is 1.20. The van der Waals surface area contributed by atoms with E-state index < -0.39 is 15.3 Å². The molecular weight excluding hydrogens is 472 g/mol. The predicted molar refractivity (Wildman–Crippen MR) is 131 cm³/mol. The molecule has 34 heavy (non-hydrogen) atoms. The Morgan fingerprint density at radius 3 is 2.18 bits per heavy atom. The number of nitrogens with zero attached hydrogens (tertiary/aromatic N) is 4. The summed E-state index contributed by atoms with van der Waals surface area (Å²) in [6, 6.07) is 11.5. The number of pyridine rings is 1. The second kappa shape index (κ2) is 10.2. The van der Waals surface area contributed by atoms with E-state index in [-0.39, 0.29) is 16.8 Å². The summed E-state index contributed by atoms with van der Waals surface area (Å²) in [6.45, 7) is 8.88. The lowest BCUT2D eigenvalue weighted by Gasteiger charge is -2.14. The third-order valence-electron chi connectivity index (χ3n) is 4.72. The first-order valence-corrected chi connectivity index (χ1v) is 12.7. The molecule has 0 spiro atoms. The average molecular weight is 497 g/mol. The summed E-state index contributed by atoms with van der Waals surface area (Å²) in [5.74, 6) is -0.301. The Balaban J connectivity index is 1.69. The van der Waals surface area contributed by atoms with Gasteiger partial charge in [0.05, 0.1) is 15.7 Å². The van der Waals surface area contributed by atoms with Crippen LogP contribution in [0.4, 0.5) is 11.6 Å². The van der Waals surface area contributed by atoms with Gasteiger partial charge in [-0.2, -0.15) is 5.26 Å². The van der Waals surface area contributed by atoms with Crippen LogP contribution < -0.4 is 10.0 Å². The van der Waals surface area contributed by atoms with Crippen molar-refractivity contribution >= 4 is 39.3 Å². The monoisotopic (exact) mass is 496 g/mol. The molecule has 1 unspecified atom stereocenters. The van der Waals surface area contributed by atoms with Gasteiger partial charge in [0.1, 0.15) is 11.1 Å². The van der Waals surface area contributed by atoms with E-state index in [0.717, 1.165) is 11.3 Å². The topological polar surface area (TPSA) is 138 Å². The second-order valence-electron chi connectivity index (χ2n) is 7.73. The van der Waals surface area contributed by atoms with Crippen LogP contribution in [0.25, 0.3) is 0 Å². The van der Waals surface area contributed by atoms with Gasteiger partial charge in [-0.1, -0.05) is 11.8 Å². The van der Waals surface area contributed by atoms with E-state index in [1.807, 2.05) is 19.9 Å². The van der Waals surface area contributed by atoms with Crippen LogP contribution in [-0.2, 0) is 14.8 Å². The Morgan fingerprint density at radius 1 is 1.00 bits per heavy atom. The molecule has 9 nitrogen and oxygen atoms in total. The fourth-order valence-electron chi connectivity index (χ4n) is 3.16. The number of aryl methyl sites for hydroxylation is 4. The number of carbonyl (C=O) groups is 1. The highest BCUT2D eigenvalue weighted by Crippen LogP contribution is 2.28. The van der Waals surface area contributed by atoms with E-state index in [4.69, 9.17) is 0 Å². The van der Waals surface area contributed by atoms with Crippen molar-refractivity contribution in [1.29, 1.82) is 5.26 Å². The summed E-state index contributed by atoms with van der Waals surface area (Å²) in [6.07, 6.45) is 0. The minimum absolute atomic E-state index is 0.00235. The molecule has 0 aliphatic heterocycles. The summed E-state index contributed by atoms with van der Waals surface area (Å²) < 4.78 is 27.7. The Hall–Kier alpha value is -3.49. The molecule has 2 heterocycles. The number of anilines is 2. The van der Waals surface area contributed by atoms with Crippen LogP contribution in [0.15, 0.2) is 46.3 Å². The molecule has 0 radical (unpaired) electrons. The van der Waals surface area contributed by atoms with E-state index in [0.29, 0.717) is 27.7 Å². The maximum Gasteiger partial charge on any atom is 0.264 e. The number of carbonyl (C=O) groups excluding carboxylic acids is 1. The van der Waals surface area contributed by atoms with E-state index in [2.05, 4.69) is 31.1 Å². The van der Waals surface area contributed by atoms with Gasteiger partial charge in [0.2, 0.25) is 11.9 Å². The Morgan fingerprint density at radius 2 is 1.59 bits per heavy atom. The van der Waals surface area contributed by atoms with E-state index in [1.165, 1.54) is 36.0 Å². The number of thioether (sulfide) groups is 1. The first-order chi connectivity index (χ1) is 16.0. The van der Waals surface area contributed by atoms with Crippen LogP contribution in [0, 0.1) is 39.0 Å². The van der Waals surface area contributed by atoms with E-state index >= 15 is 0 Å². The molecule has 0 aliphatic carbocycles. The maximum absolute atomic E-state index is 12.7.